The van der Waals surface area contributed by atoms with Crippen molar-refractivity contribution in [3.8, 4) is 0 Å². The maximum Gasteiger partial charge on any atom is 0.191 e. The van der Waals surface area contributed by atoms with Crippen molar-refractivity contribution in [2.45, 2.75) is 81.8 Å². The number of hydrogen-bond donors (Lipinski definition) is 2. The zero-order valence-corrected chi connectivity index (χ0v) is 22.6. The molecule has 2 saturated carbocycles. The molecule has 1 aromatic rings. The number of methoxy groups -OCH3 is 1. The van der Waals surface area contributed by atoms with Gasteiger partial charge in [0, 0.05) is 46.3 Å². The Morgan fingerprint density at radius 3 is 2.58 bits per heavy atom. The van der Waals surface area contributed by atoms with Gasteiger partial charge in [0.05, 0.1) is 0 Å². The number of halogens is 1. The van der Waals surface area contributed by atoms with Crippen molar-refractivity contribution in [1.29, 1.82) is 0 Å². The second-order valence-electron chi connectivity index (χ2n) is 8.82. The second-order valence-corrected chi connectivity index (χ2v) is 9.59. The van der Waals surface area contributed by atoms with Crippen molar-refractivity contribution in [3.05, 3.63) is 5.82 Å². The lowest BCUT2D eigenvalue weighted by Crippen LogP contribution is -2.43. The Morgan fingerprint density at radius 1 is 1.19 bits per heavy atom. The van der Waals surface area contributed by atoms with Gasteiger partial charge >= 0.3 is 0 Å². The zero-order chi connectivity index (χ0) is 21.2. The average Bonchev–Trinajstić information content (AvgIpc) is 3.52. The number of guanidine groups is 1. The van der Waals surface area contributed by atoms with Gasteiger partial charge in [-0.15, -0.1) is 34.2 Å². The van der Waals surface area contributed by atoms with E-state index >= 15 is 0 Å². The van der Waals surface area contributed by atoms with E-state index in [9.17, 15) is 0 Å². The van der Waals surface area contributed by atoms with E-state index in [-0.39, 0.29) is 24.0 Å². The van der Waals surface area contributed by atoms with Gasteiger partial charge in [0.2, 0.25) is 0 Å². The molecule has 0 bridgehead atoms. The molecule has 0 aromatic carbocycles. The van der Waals surface area contributed by atoms with Crippen molar-refractivity contribution in [3.63, 3.8) is 0 Å². The zero-order valence-electron chi connectivity index (χ0n) is 19.5. The number of aryl methyl sites for hydroxylation is 1. The molecule has 0 spiro atoms. The van der Waals surface area contributed by atoms with E-state index < -0.39 is 0 Å². The summed E-state index contributed by atoms with van der Waals surface area (Å²) in [6, 6.07) is 0.592. The molecule has 0 saturated heterocycles. The van der Waals surface area contributed by atoms with Gasteiger partial charge in [-0.2, -0.15) is 0 Å². The van der Waals surface area contributed by atoms with Gasteiger partial charge in [0.1, 0.15) is 5.82 Å². The monoisotopic (exact) mass is 564 g/mol. The standard InChI is InChI=1S/C22H40N6OS.HI/c1-23-20(25-17-22(14-16-29-2)12-6-7-13-22)24-15-8-11-19-26-27-21(30-3)28(19)18-9-4-5-10-18;/h18H,4-17H2,1-3H3,(H2,23,24,25);1H. The number of hydrogen-bond acceptors (Lipinski definition) is 5. The minimum atomic E-state index is 0. The Bertz CT molecular complexity index is 671. The predicted octanol–water partition coefficient (Wildman–Crippen LogP) is 4.43. The molecule has 178 valence electrons. The Kier molecular flexibility index (Phi) is 11.9. The highest BCUT2D eigenvalue weighted by Crippen LogP contribution is 2.40. The van der Waals surface area contributed by atoms with Crippen LogP contribution in [-0.4, -0.2) is 60.8 Å². The Morgan fingerprint density at radius 2 is 1.94 bits per heavy atom. The van der Waals surface area contributed by atoms with Crippen LogP contribution in [0.4, 0.5) is 0 Å². The molecular weight excluding hydrogens is 523 g/mol. The number of ether oxygens (including phenoxy) is 1. The molecule has 2 fully saturated rings. The lowest BCUT2D eigenvalue weighted by Gasteiger charge is -2.30. The topological polar surface area (TPSA) is 76.4 Å². The minimum absolute atomic E-state index is 0. The molecular formula is C22H41IN6OS. The van der Waals surface area contributed by atoms with Crippen molar-refractivity contribution in [2.75, 3.05) is 40.1 Å². The van der Waals surface area contributed by atoms with Crippen molar-refractivity contribution in [2.24, 2.45) is 10.4 Å². The van der Waals surface area contributed by atoms with Gasteiger partial charge in [-0.3, -0.25) is 4.99 Å². The van der Waals surface area contributed by atoms with Crippen LogP contribution in [0.25, 0.3) is 0 Å². The van der Waals surface area contributed by atoms with Gasteiger partial charge < -0.3 is 19.9 Å². The quantitative estimate of drug-likeness (QED) is 0.136. The summed E-state index contributed by atoms with van der Waals surface area (Å²) in [6.07, 6.45) is 15.6. The van der Waals surface area contributed by atoms with E-state index in [1.165, 1.54) is 51.4 Å². The van der Waals surface area contributed by atoms with Crippen LogP contribution >= 0.6 is 35.7 Å². The molecule has 7 nitrogen and oxygen atoms in total. The van der Waals surface area contributed by atoms with E-state index in [0.717, 1.165) is 55.9 Å². The minimum Gasteiger partial charge on any atom is -0.385 e. The molecule has 0 amide bonds. The van der Waals surface area contributed by atoms with Gasteiger partial charge in [-0.1, -0.05) is 37.4 Å². The summed E-state index contributed by atoms with van der Waals surface area (Å²) >= 11 is 1.71. The van der Waals surface area contributed by atoms with E-state index in [1.54, 1.807) is 18.9 Å². The molecule has 0 aliphatic heterocycles. The SMILES string of the molecule is CN=C(NCCCc1nnc(SC)n1C1CCCC1)NCC1(CCOC)CCCC1.I. The largest absolute Gasteiger partial charge is 0.385 e. The normalized spacial score (nSPS) is 18.9. The molecule has 2 aliphatic carbocycles. The smallest absolute Gasteiger partial charge is 0.191 e. The molecule has 31 heavy (non-hydrogen) atoms. The number of thioether (sulfide) groups is 1. The molecule has 1 aromatic heterocycles. The fraction of sp³-hybridized carbons (Fsp3) is 0.864. The fourth-order valence-corrected chi connectivity index (χ4v) is 5.62. The molecule has 2 aliphatic rings. The molecule has 9 heteroatoms. The van der Waals surface area contributed by atoms with Crippen LogP contribution in [0.2, 0.25) is 0 Å². The number of nitrogens with zero attached hydrogens (tertiary/aromatic N) is 4. The first-order valence-electron chi connectivity index (χ1n) is 11.6. The third-order valence-corrected chi connectivity index (χ3v) is 7.48. The first kappa shape index (κ1) is 26.7. The lowest BCUT2D eigenvalue weighted by atomic mass is 9.83. The Labute approximate surface area is 209 Å². The summed E-state index contributed by atoms with van der Waals surface area (Å²) in [6.45, 7) is 2.70. The molecule has 0 unspecified atom stereocenters. The Hall–Kier alpha value is -0.550. The van der Waals surface area contributed by atoms with Crippen LogP contribution in [0.15, 0.2) is 10.1 Å². The second kappa shape index (κ2) is 13.9. The predicted molar refractivity (Wildman–Crippen MR) is 140 cm³/mol. The molecule has 1 heterocycles. The first-order valence-corrected chi connectivity index (χ1v) is 12.8. The van der Waals surface area contributed by atoms with Crippen LogP contribution in [0.1, 0.15) is 76.1 Å². The summed E-state index contributed by atoms with van der Waals surface area (Å²) in [5.41, 5.74) is 0.361. The maximum absolute atomic E-state index is 5.35. The molecule has 2 N–H and O–H groups in total. The summed E-state index contributed by atoms with van der Waals surface area (Å²) in [5.74, 6) is 2.04. The summed E-state index contributed by atoms with van der Waals surface area (Å²) in [7, 11) is 3.65. The lowest BCUT2D eigenvalue weighted by molar-refractivity contribution is 0.138. The Balaban J connectivity index is 0.00000341. The van der Waals surface area contributed by atoms with Gasteiger partial charge in [0.25, 0.3) is 0 Å². The van der Waals surface area contributed by atoms with Crippen molar-refractivity contribution >= 4 is 41.7 Å². The maximum atomic E-state index is 5.35. The van der Waals surface area contributed by atoms with E-state index in [0.29, 0.717) is 11.5 Å². The van der Waals surface area contributed by atoms with Crippen LogP contribution in [-0.2, 0) is 11.2 Å². The third-order valence-electron chi connectivity index (χ3n) is 6.83. The summed E-state index contributed by atoms with van der Waals surface area (Å²) in [4.78, 5) is 4.43. The van der Waals surface area contributed by atoms with Gasteiger partial charge in [-0.05, 0) is 50.2 Å². The fourth-order valence-electron chi connectivity index (χ4n) is 5.05. The van der Waals surface area contributed by atoms with E-state index in [2.05, 4.69) is 36.6 Å². The summed E-state index contributed by atoms with van der Waals surface area (Å²) < 4.78 is 7.76. The van der Waals surface area contributed by atoms with Crippen LogP contribution < -0.4 is 10.6 Å². The van der Waals surface area contributed by atoms with E-state index in [1.807, 2.05) is 7.05 Å². The molecule has 0 atom stereocenters. The summed E-state index contributed by atoms with van der Waals surface area (Å²) in [5, 5.41) is 17.1. The van der Waals surface area contributed by atoms with Gasteiger partial charge in [-0.25, -0.2) is 0 Å². The molecule has 3 rings (SSSR count). The highest BCUT2D eigenvalue weighted by Gasteiger charge is 2.33. The highest BCUT2D eigenvalue weighted by atomic mass is 127. The van der Waals surface area contributed by atoms with Crippen molar-refractivity contribution < 1.29 is 4.74 Å². The number of nitrogens with one attached hydrogen (secondary N) is 2. The van der Waals surface area contributed by atoms with Crippen LogP contribution in [0.3, 0.4) is 0 Å². The van der Waals surface area contributed by atoms with Crippen LogP contribution in [0.5, 0.6) is 0 Å². The number of rotatable bonds is 11. The highest BCUT2D eigenvalue weighted by molar-refractivity contribution is 14.0. The van der Waals surface area contributed by atoms with Gasteiger partial charge in [0.15, 0.2) is 11.1 Å². The average molecular weight is 565 g/mol. The molecule has 0 radical (unpaired) electrons. The number of aromatic nitrogens is 3. The van der Waals surface area contributed by atoms with E-state index in [4.69, 9.17) is 4.74 Å². The van der Waals surface area contributed by atoms with Crippen molar-refractivity contribution in [1.82, 2.24) is 25.4 Å². The third kappa shape index (κ3) is 7.48. The van der Waals surface area contributed by atoms with Crippen LogP contribution in [0, 0.1) is 5.41 Å². The number of aliphatic imine (C=N–C) groups is 1. The first-order chi connectivity index (χ1) is 14.7.